The minimum Gasteiger partial charge on any atom is -0.508 e. The number of aliphatic hydroxyl groups excluding tert-OH is 3. The highest BCUT2D eigenvalue weighted by Crippen LogP contribution is 2.18. The molecular formula is C75H111N15O24. The van der Waals surface area contributed by atoms with Crippen molar-refractivity contribution in [2.45, 2.75) is 217 Å². The third kappa shape index (κ3) is 32.4. The molecule has 39 nitrogen and oxygen atoms in total. The van der Waals surface area contributed by atoms with Crippen molar-refractivity contribution in [2.24, 2.45) is 17.6 Å². The summed E-state index contributed by atoms with van der Waals surface area (Å²) in [5.41, 5.74) is 3.36. The molecular weight excluding hydrogens is 1490 g/mol. The Kier molecular flexibility index (Phi) is 40.1. The molecule has 0 aliphatic carbocycles. The molecule has 0 fully saturated rings. The molecule has 0 aliphatic rings. The number of carbonyl (C=O) groups excluding carboxylic acids is 13. The van der Waals surface area contributed by atoms with Gasteiger partial charge in [0.15, 0.2) is 0 Å². The van der Waals surface area contributed by atoms with E-state index in [0.717, 1.165) is 6.92 Å². The number of nitrogens with one attached hydrogen (secondary N) is 14. The normalized spacial score (nSPS) is 15.0. The van der Waals surface area contributed by atoms with Crippen LogP contribution in [0.1, 0.15) is 130 Å². The second kappa shape index (κ2) is 47.2. The fourth-order valence-corrected chi connectivity index (χ4v) is 11.1. The number of amides is 13. The van der Waals surface area contributed by atoms with Crippen LogP contribution in [0.2, 0.25) is 0 Å². The van der Waals surface area contributed by atoms with Crippen molar-refractivity contribution < 1.29 is 118 Å². The van der Waals surface area contributed by atoms with Gasteiger partial charge in [0, 0.05) is 19.3 Å². The van der Waals surface area contributed by atoms with Crippen LogP contribution in [0.25, 0.3) is 0 Å². The fourth-order valence-electron chi connectivity index (χ4n) is 11.1. The number of aromatic hydroxyl groups is 2. The summed E-state index contributed by atoms with van der Waals surface area (Å²) in [4.78, 5) is 217. The Balaban J connectivity index is 1.85. The molecule has 0 saturated heterocycles. The van der Waals surface area contributed by atoms with Gasteiger partial charge in [-0.05, 0) is 133 Å². The smallest absolute Gasteiger partial charge is 0.326 e. The zero-order valence-corrected chi connectivity index (χ0v) is 65.4. The summed E-state index contributed by atoms with van der Waals surface area (Å²) in [6.07, 6.45) is -3.51. The maximum Gasteiger partial charge on any atom is 0.326 e. The number of carboxylic acids is 3. The largest absolute Gasteiger partial charge is 0.508 e. The van der Waals surface area contributed by atoms with Crippen LogP contribution in [0.15, 0.2) is 78.9 Å². The van der Waals surface area contributed by atoms with Gasteiger partial charge in [0.25, 0.3) is 0 Å². The molecule has 0 heterocycles. The number of likely N-dealkylation sites (N-methyl/N-ethyl adjacent to an activating group) is 1. The van der Waals surface area contributed by atoms with Gasteiger partial charge in [-0.3, -0.25) is 71.9 Å². The van der Waals surface area contributed by atoms with E-state index < -0.39 is 236 Å². The zero-order chi connectivity index (χ0) is 85.9. The molecule has 0 saturated carbocycles. The molecule has 0 spiro atoms. The topological polar surface area (TPSA) is 629 Å². The van der Waals surface area contributed by atoms with Crippen LogP contribution in [0.5, 0.6) is 11.5 Å². The molecule has 0 bridgehead atoms. The second-order valence-corrected chi connectivity index (χ2v) is 28.6. The number of unbranched alkanes of at least 4 members (excludes halogenated alkanes) is 1. The molecule has 0 unspecified atom stereocenters. The third-order valence-electron chi connectivity index (χ3n) is 18.5. The van der Waals surface area contributed by atoms with Crippen LogP contribution in [0.3, 0.4) is 0 Å². The summed E-state index contributed by atoms with van der Waals surface area (Å²) in [7, 11) is 1.51. The first kappa shape index (κ1) is 96.8. The number of hydrogen-bond donors (Lipinski definition) is 23. The summed E-state index contributed by atoms with van der Waals surface area (Å²) in [6.45, 7) is 9.64. The Morgan fingerprint density at radius 2 is 0.825 bits per heavy atom. The van der Waals surface area contributed by atoms with Crippen molar-refractivity contribution in [3.8, 4) is 11.5 Å². The first-order valence-electron chi connectivity index (χ1n) is 37.0. The molecule has 630 valence electrons. The number of nitrogens with two attached hydrogens (primary N) is 1. The van der Waals surface area contributed by atoms with E-state index in [2.05, 4.69) is 74.4 Å². The summed E-state index contributed by atoms with van der Waals surface area (Å²) in [6, 6.07) is 0.839. The maximum atomic E-state index is 14.6. The molecule has 3 aromatic rings. The minimum absolute atomic E-state index is 0.00149. The molecule has 0 radical (unpaired) electrons. The quantitative estimate of drug-likeness (QED) is 0.0237. The number of aliphatic carboxylic acids is 3. The first-order valence-corrected chi connectivity index (χ1v) is 37.0. The highest BCUT2D eigenvalue weighted by Gasteiger charge is 2.41. The van der Waals surface area contributed by atoms with Crippen LogP contribution in [0.4, 0.5) is 0 Å². The molecule has 0 aliphatic heterocycles. The number of phenolic OH excluding ortho intramolecular Hbond substituents is 2. The van der Waals surface area contributed by atoms with E-state index in [1.54, 1.807) is 63.2 Å². The molecule has 114 heavy (non-hydrogen) atoms. The van der Waals surface area contributed by atoms with Gasteiger partial charge in [0.2, 0.25) is 76.8 Å². The average Bonchev–Trinajstić information content (AvgIpc) is 0.843. The van der Waals surface area contributed by atoms with Crippen molar-refractivity contribution >= 4 is 94.7 Å². The van der Waals surface area contributed by atoms with Crippen LogP contribution < -0.4 is 80.2 Å². The van der Waals surface area contributed by atoms with E-state index in [1.165, 1.54) is 78.1 Å². The molecule has 3 aromatic carbocycles. The number of benzene rings is 3. The Labute approximate surface area is 658 Å². The number of rotatable bonds is 50. The third-order valence-corrected chi connectivity index (χ3v) is 18.5. The van der Waals surface area contributed by atoms with Crippen LogP contribution in [-0.4, -0.2) is 253 Å². The van der Waals surface area contributed by atoms with Gasteiger partial charge in [-0.1, -0.05) is 95.1 Å². The summed E-state index contributed by atoms with van der Waals surface area (Å²) in [5, 5.41) is 115. The Morgan fingerprint density at radius 1 is 0.421 bits per heavy atom. The van der Waals surface area contributed by atoms with Crippen LogP contribution in [-0.2, 0) is 96.0 Å². The Morgan fingerprint density at radius 3 is 1.28 bits per heavy atom. The van der Waals surface area contributed by atoms with E-state index in [0.29, 0.717) is 24.0 Å². The molecule has 0 aromatic heterocycles. The van der Waals surface area contributed by atoms with Gasteiger partial charge in [0.1, 0.15) is 83.0 Å². The van der Waals surface area contributed by atoms with Crippen molar-refractivity contribution in [1.29, 1.82) is 0 Å². The van der Waals surface area contributed by atoms with Gasteiger partial charge in [-0.25, -0.2) is 4.79 Å². The van der Waals surface area contributed by atoms with Crippen molar-refractivity contribution in [3.05, 3.63) is 95.6 Å². The van der Waals surface area contributed by atoms with Gasteiger partial charge < -0.3 is 121 Å². The van der Waals surface area contributed by atoms with Gasteiger partial charge in [-0.2, -0.15) is 0 Å². The number of phenols is 2. The molecule has 13 amide bonds. The minimum atomic E-state index is -2.13. The van der Waals surface area contributed by atoms with Gasteiger partial charge >= 0.3 is 17.9 Å². The van der Waals surface area contributed by atoms with Crippen molar-refractivity contribution in [1.82, 2.24) is 74.4 Å². The molecule has 14 atom stereocenters. The van der Waals surface area contributed by atoms with Crippen molar-refractivity contribution in [3.63, 3.8) is 0 Å². The number of hydrogen-bond acceptors (Lipinski definition) is 23. The second-order valence-electron chi connectivity index (χ2n) is 28.6. The lowest BCUT2D eigenvalue weighted by molar-refractivity contribution is -0.143. The van der Waals surface area contributed by atoms with Crippen molar-refractivity contribution in [2.75, 3.05) is 33.4 Å². The maximum absolute atomic E-state index is 14.6. The van der Waals surface area contributed by atoms with Crippen LogP contribution >= 0.6 is 0 Å². The lowest BCUT2D eigenvalue weighted by atomic mass is 9.95. The molecule has 24 N–H and O–H groups in total. The lowest BCUT2D eigenvalue weighted by Gasteiger charge is -2.32. The zero-order valence-electron chi connectivity index (χ0n) is 65.4. The lowest BCUT2D eigenvalue weighted by Crippen LogP contribution is -2.64. The summed E-state index contributed by atoms with van der Waals surface area (Å²) < 4.78 is 0. The fraction of sp³-hybridized carbons (Fsp3) is 0.547. The predicted molar refractivity (Wildman–Crippen MR) is 408 cm³/mol. The summed E-state index contributed by atoms with van der Waals surface area (Å²) >= 11 is 0. The van der Waals surface area contributed by atoms with E-state index in [4.69, 9.17) is 5.73 Å². The Hall–Kier alpha value is -11.4. The Bertz CT molecular complexity index is 3790. The number of aliphatic hydroxyl groups is 3. The number of carboxylic acid groups (broad SMARTS) is 3. The van der Waals surface area contributed by atoms with Gasteiger partial charge in [0.05, 0.1) is 38.3 Å². The molecule has 3 rings (SSSR count). The predicted octanol–water partition coefficient (Wildman–Crippen LogP) is -4.52. The monoisotopic (exact) mass is 1610 g/mol. The highest BCUT2D eigenvalue weighted by atomic mass is 16.4. The van der Waals surface area contributed by atoms with E-state index in [1.807, 2.05) is 0 Å². The van der Waals surface area contributed by atoms with E-state index >= 15 is 0 Å². The average molecular weight is 1610 g/mol. The van der Waals surface area contributed by atoms with E-state index in [-0.39, 0.29) is 55.7 Å². The van der Waals surface area contributed by atoms with Crippen LogP contribution in [0, 0.1) is 11.8 Å². The standard InChI is InChI=1S/C75H111N15O24/c1-11-39(3)58(87-64(104)51(33-42-18-14-13-15-19-42)81-69(109)60(41(5)93)86-55(96)36-78-61(101)47(29-30-56(97)98)84-72(113)74(6,7)89-67(107)49(77-10)32-43-21-25-45(94)26-22-43)68(108)83-53(37-91)65(105)80-52(35-57(99)100)63(103)79-50(34-44-23-27-46(95)28-24-44)62(102)82-54(38-92)66(106)88-59(40(4)12-2)70(110)90-75(8,9)73(114)85-48(71(111)112)20-16-17-31-76/h13-15,18-19,21-28,39-41,47-54,58-60,77,91-95H,11-12,16-17,20,29-38,76H2,1-10H3,(H,78,101)(H,79,103)(H,80,105)(H,81,109)(H,82,102)(H,83,108)(H,84,113)(H,85,114)(H,86,96)(H,87,104)(H,88,106)(H,89,107)(H,90,110)(H,97,98)(H,99,100)(H,111,112)/t39-,40-,41+,47-,48-,49-,50-,51-,52-,53-,54-,58-,59-,60-/m0/s1. The number of carbonyl (C=O) groups is 16. The molecule has 39 heteroatoms. The highest BCUT2D eigenvalue weighted by molar-refractivity contribution is 6.01. The van der Waals surface area contributed by atoms with E-state index in [9.17, 15) is 118 Å². The SMILES string of the molecule is CC[C@H](C)[C@H](NC(=O)[C@H](Cc1ccccc1)NC(=O)[C@@H](NC(=O)CNC(=O)[C@H](CCC(=O)O)NC(=O)C(C)(C)NC(=O)[C@H](Cc1ccc(O)cc1)NC)[C@@H](C)O)C(=O)N[C@@H](CO)C(=O)N[C@@H](CC(=O)O)C(=O)N[C@@H](Cc1ccc(O)cc1)C(=O)N[C@@H](CO)C(=O)N[C@H](C(=O)NC(C)(C)C(=O)N[C@@H](CCCCN)C(=O)O)[C@@H](C)CC. The van der Waals surface area contributed by atoms with Gasteiger partial charge in [-0.15, -0.1) is 0 Å². The summed E-state index contributed by atoms with van der Waals surface area (Å²) in [5.74, 6) is -20.2. The first-order chi connectivity index (χ1) is 53.5.